The first-order chi connectivity index (χ1) is 27.2. The van der Waals surface area contributed by atoms with Crippen molar-refractivity contribution in [3.8, 4) is 22.4 Å². The summed E-state index contributed by atoms with van der Waals surface area (Å²) in [4.78, 5) is 21.0. The van der Waals surface area contributed by atoms with Crippen molar-refractivity contribution in [2.24, 2.45) is 0 Å². The summed E-state index contributed by atoms with van der Waals surface area (Å²) in [5, 5.41) is 9.88. The van der Waals surface area contributed by atoms with Gasteiger partial charge in [0.25, 0.3) is 0 Å². The predicted molar refractivity (Wildman–Crippen MR) is 233 cm³/mol. The first kappa shape index (κ1) is 29.6. The zero-order valence-corrected chi connectivity index (χ0v) is 30.6. The van der Waals surface area contributed by atoms with Crippen LogP contribution < -0.4 is 0 Å². The second kappa shape index (κ2) is 10.9. The molecule has 55 heavy (non-hydrogen) atoms. The highest BCUT2D eigenvalue weighted by Crippen LogP contribution is 2.43. The van der Waals surface area contributed by atoms with Crippen LogP contribution >= 0.6 is 22.7 Å². The van der Waals surface area contributed by atoms with Crippen LogP contribution in [0.4, 0.5) is 0 Å². The maximum absolute atomic E-state index is 5.42. The molecule has 7 aromatic carbocycles. The number of aromatic nitrogens is 5. The maximum Gasteiger partial charge on any atom is 0.156 e. The van der Waals surface area contributed by atoms with Crippen LogP contribution in [0.1, 0.15) is 0 Å². The summed E-state index contributed by atoms with van der Waals surface area (Å²) in [7, 11) is 0. The van der Waals surface area contributed by atoms with E-state index in [0.717, 1.165) is 70.7 Å². The third-order valence-corrected chi connectivity index (χ3v) is 13.4. The second-order valence-corrected chi connectivity index (χ2v) is 16.4. The molecule has 7 heteroatoms. The molecule has 0 radical (unpaired) electrons. The highest BCUT2D eigenvalue weighted by Gasteiger charge is 2.20. The molecular formula is C48H25N5S2. The van der Waals surface area contributed by atoms with Crippen molar-refractivity contribution >= 4 is 123 Å². The molecule has 6 heterocycles. The van der Waals surface area contributed by atoms with Crippen molar-refractivity contribution in [3.63, 3.8) is 0 Å². The fraction of sp³-hybridized carbons (Fsp3) is 0. The summed E-state index contributed by atoms with van der Waals surface area (Å²) in [5.74, 6) is 0. The van der Waals surface area contributed by atoms with Crippen LogP contribution in [0.25, 0.3) is 123 Å². The minimum Gasteiger partial charge on any atom is -0.291 e. The standard InChI is InChI=1S/C48H25N5S2/c1-2-8-29-20-33-23-41-39(22-32(33)19-28(29)7-1)51-47-46-36(35-21-30-9-3-4-10-31(30)24-42(35)54-46)25-40(53(41)47)27-15-13-26(14-16-27)34-17-18-49-43-44-48(55-45(34)43)52-38-12-6-5-11-37(38)50-44/h1-25H. The van der Waals surface area contributed by atoms with Gasteiger partial charge in [-0.2, -0.15) is 0 Å². The summed E-state index contributed by atoms with van der Waals surface area (Å²) in [5.41, 5.74) is 11.1. The smallest absolute Gasteiger partial charge is 0.156 e. The van der Waals surface area contributed by atoms with E-state index in [1.807, 2.05) is 41.8 Å². The largest absolute Gasteiger partial charge is 0.291 e. The van der Waals surface area contributed by atoms with Gasteiger partial charge in [-0.3, -0.25) is 9.38 Å². The summed E-state index contributed by atoms with van der Waals surface area (Å²) in [6.45, 7) is 0. The number of para-hydroxylation sites is 2. The molecule has 13 aromatic rings. The lowest BCUT2D eigenvalue weighted by Gasteiger charge is -2.11. The molecule has 0 spiro atoms. The fourth-order valence-electron chi connectivity index (χ4n) is 8.51. The van der Waals surface area contributed by atoms with E-state index in [9.17, 15) is 0 Å². The number of rotatable bonds is 2. The van der Waals surface area contributed by atoms with Crippen LogP contribution in [0.5, 0.6) is 0 Å². The Morgan fingerprint density at radius 3 is 1.91 bits per heavy atom. The molecule has 0 saturated carbocycles. The summed E-state index contributed by atoms with van der Waals surface area (Å²) in [6, 6.07) is 52.6. The maximum atomic E-state index is 5.42. The second-order valence-electron chi connectivity index (χ2n) is 14.3. The van der Waals surface area contributed by atoms with E-state index >= 15 is 0 Å². The van der Waals surface area contributed by atoms with Crippen LogP contribution in [-0.2, 0) is 0 Å². The number of hydrogen-bond donors (Lipinski definition) is 0. The van der Waals surface area contributed by atoms with Gasteiger partial charge in [0.2, 0.25) is 0 Å². The zero-order chi connectivity index (χ0) is 35.8. The van der Waals surface area contributed by atoms with Gasteiger partial charge in [0.1, 0.15) is 15.9 Å². The molecule has 6 aromatic heterocycles. The van der Waals surface area contributed by atoms with Gasteiger partial charge in [0, 0.05) is 27.2 Å². The highest BCUT2D eigenvalue weighted by molar-refractivity contribution is 7.26. The van der Waals surface area contributed by atoms with Crippen LogP contribution in [-0.4, -0.2) is 24.3 Å². The molecule has 0 atom stereocenters. The van der Waals surface area contributed by atoms with Gasteiger partial charge in [0.15, 0.2) is 5.65 Å². The third kappa shape index (κ3) is 4.27. The average molecular weight is 736 g/mol. The Kier molecular flexibility index (Phi) is 5.86. The van der Waals surface area contributed by atoms with Crippen LogP contribution in [0, 0.1) is 0 Å². The van der Waals surface area contributed by atoms with E-state index in [1.54, 1.807) is 11.3 Å². The van der Waals surface area contributed by atoms with Crippen molar-refractivity contribution in [1.82, 2.24) is 24.3 Å². The van der Waals surface area contributed by atoms with Gasteiger partial charge >= 0.3 is 0 Å². The number of thiophene rings is 2. The SMILES string of the molecule is c1ccc2cc3cc4c(cc3cc2c1)nc1c2sc3cc5ccccc5cc3c2cc(-c2ccc(-c3ccnc5c3sc3nc6ccccc6nc35)cc2)n41. The van der Waals surface area contributed by atoms with E-state index in [1.165, 1.54) is 52.5 Å². The van der Waals surface area contributed by atoms with Crippen molar-refractivity contribution in [2.45, 2.75) is 0 Å². The van der Waals surface area contributed by atoms with Gasteiger partial charge in [-0.15, -0.1) is 22.7 Å². The number of imidazole rings is 1. The molecule has 0 aliphatic rings. The van der Waals surface area contributed by atoms with Crippen LogP contribution in [0.2, 0.25) is 0 Å². The minimum atomic E-state index is 0.858. The molecule has 0 fully saturated rings. The molecule has 0 aliphatic heterocycles. The van der Waals surface area contributed by atoms with Crippen molar-refractivity contribution in [2.75, 3.05) is 0 Å². The fourth-order valence-corrected chi connectivity index (χ4v) is 10.8. The number of fused-ring (bicyclic) bond motifs is 14. The molecule has 13 rings (SSSR count). The van der Waals surface area contributed by atoms with E-state index < -0.39 is 0 Å². The van der Waals surface area contributed by atoms with Gasteiger partial charge in [-0.25, -0.2) is 15.0 Å². The Balaban J connectivity index is 1.05. The summed E-state index contributed by atoms with van der Waals surface area (Å²) >= 11 is 3.50. The van der Waals surface area contributed by atoms with Gasteiger partial charge < -0.3 is 0 Å². The molecule has 0 amide bonds. The Hall–Kier alpha value is -6.80. The lowest BCUT2D eigenvalue weighted by Crippen LogP contribution is -1.93. The molecule has 254 valence electrons. The van der Waals surface area contributed by atoms with E-state index in [4.69, 9.17) is 19.9 Å². The lowest BCUT2D eigenvalue weighted by molar-refractivity contribution is 1.25. The first-order valence-corrected chi connectivity index (χ1v) is 19.9. The van der Waals surface area contributed by atoms with Crippen molar-refractivity contribution < 1.29 is 0 Å². The Morgan fingerprint density at radius 1 is 0.455 bits per heavy atom. The number of benzene rings is 7. The predicted octanol–water partition coefficient (Wildman–Crippen LogP) is 13.4. The topological polar surface area (TPSA) is 56.0 Å². The molecule has 0 unspecified atom stereocenters. The Labute approximate surface area is 320 Å². The molecule has 0 aliphatic carbocycles. The summed E-state index contributed by atoms with van der Waals surface area (Å²) in [6.07, 6.45) is 1.89. The number of pyridine rings is 2. The van der Waals surface area contributed by atoms with Crippen molar-refractivity contribution in [1.29, 1.82) is 0 Å². The third-order valence-electron chi connectivity index (χ3n) is 11.2. The van der Waals surface area contributed by atoms with E-state index in [-0.39, 0.29) is 0 Å². The molecule has 0 bridgehead atoms. The van der Waals surface area contributed by atoms with Crippen molar-refractivity contribution in [3.05, 3.63) is 152 Å². The van der Waals surface area contributed by atoms with Crippen LogP contribution in [0.15, 0.2) is 152 Å². The average Bonchev–Trinajstić information content (AvgIpc) is 3.90. The van der Waals surface area contributed by atoms with Gasteiger partial charge in [-0.05, 0) is 104 Å². The van der Waals surface area contributed by atoms with E-state index in [2.05, 4.69) is 126 Å². The molecule has 5 nitrogen and oxygen atoms in total. The quantitative estimate of drug-likeness (QED) is 0.166. The zero-order valence-electron chi connectivity index (χ0n) is 29.0. The Bertz CT molecular complexity index is 3770. The Morgan fingerprint density at radius 2 is 1.13 bits per heavy atom. The molecule has 0 N–H and O–H groups in total. The minimum absolute atomic E-state index is 0.858. The van der Waals surface area contributed by atoms with Gasteiger partial charge in [-0.1, -0.05) is 84.9 Å². The number of hydrogen-bond acceptors (Lipinski definition) is 6. The summed E-state index contributed by atoms with van der Waals surface area (Å²) < 4.78 is 5.96. The van der Waals surface area contributed by atoms with Gasteiger partial charge in [0.05, 0.1) is 37.2 Å². The molecule has 0 saturated heterocycles. The first-order valence-electron chi connectivity index (χ1n) is 18.3. The monoisotopic (exact) mass is 735 g/mol. The van der Waals surface area contributed by atoms with E-state index in [0.29, 0.717) is 0 Å². The number of nitrogens with zero attached hydrogens (tertiary/aromatic N) is 5. The van der Waals surface area contributed by atoms with Crippen LogP contribution in [0.3, 0.4) is 0 Å². The normalized spacial score (nSPS) is 12.4. The highest BCUT2D eigenvalue weighted by atomic mass is 32.1. The lowest BCUT2D eigenvalue weighted by atomic mass is 10.0. The molecular weight excluding hydrogens is 711 g/mol.